The lowest BCUT2D eigenvalue weighted by molar-refractivity contribution is -0.131. The molecule has 0 aromatic heterocycles. The Morgan fingerprint density at radius 2 is 1.56 bits per heavy atom. The van der Waals surface area contributed by atoms with Gasteiger partial charge in [0.15, 0.2) is 28.1 Å². The molecule has 0 amide bonds. The fourth-order valence-electron chi connectivity index (χ4n) is 3.35. The van der Waals surface area contributed by atoms with Gasteiger partial charge in [-0.05, 0) is 63.4 Å². The van der Waals surface area contributed by atoms with Gasteiger partial charge in [-0.25, -0.2) is 4.79 Å². The number of carboxylic acid groups (broad SMARTS) is 1. The van der Waals surface area contributed by atoms with Crippen molar-refractivity contribution in [2.75, 3.05) is 21.3 Å². The van der Waals surface area contributed by atoms with Crippen molar-refractivity contribution in [3.8, 4) is 17.2 Å². The summed E-state index contributed by atoms with van der Waals surface area (Å²) >= 11 is 0. The van der Waals surface area contributed by atoms with E-state index in [4.69, 9.17) is 28.2 Å². The zero-order valence-corrected chi connectivity index (χ0v) is 24.4. The number of carbonyl (C=O) groups is 1. The molecule has 0 atom stereocenters. The van der Waals surface area contributed by atoms with Gasteiger partial charge in [0.25, 0.3) is 0 Å². The molecular formula is C22H40O7Si3. The van der Waals surface area contributed by atoms with E-state index < -0.39 is 32.1 Å². The molecule has 7 nitrogen and oxygen atoms in total. The third kappa shape index (κ3) is 9.90. The Bertz CT molecular complexity index is 767. The molecule has 1 aromatic rings. The fraction of sp³-hybridized carbons (Fsp3) is 0.591. The van der Waals surface area contributed by atoms with Gasteiger partial charge < -0.3 is 28.2 Å². The van der Waals surface area contributed by atoms with Crippen LogP contribution in [0.15, 0.2) is 12.1 Å². The first-order valence-electron chi connectivity index (χ1n) is 10.9. The number of methoxy groups -OCH3 is 3. The average molecular weight is 501 g/mol. The summed E-state index contributed by atoms with van der Waals surface area (Å²) in [6.45, 7) is 13.2. The van der Waals surface area contributed by atoms with Crippen LogP contribution in [0.3, 0.4) is 0 Å². The Hall–Kier alpha value is -1.60. The predicted octanol–water partition coefficient (Wildman–Crippen LogP) is 4.32. The van der Waals surface area contributed by atoms with Crippen molar-refractivity contribution in [1.82, 2.24) is 0 Å². The number of ether oxygens (including phenoxy) is 3. The van der Waals surface area contributed by atoms with Crippen molar-refractivity contribution in [2.24, 2.45) is 0 Å². The number of rotatable bonds is 14. The molecule has 10 heteroatoms. The van der Waals surface area contributed by atoms with E-state index in [2.05, 4.69) is 39.3 Å². The molecule has 1 aromatic carbocycles. The molecule has 0 aliphatic rings. The van der Waals surface area contributed by atoms with E-state index >= 15 is 0 Å². The molecule has 0 saturated carbocycles. The second-order valence-electron chi connectivity index (χ2n) is 9.52. The van der Waals surface area contributed by atoms with E-state index in [1.54, 1.807) is 33.5 Å². The number of carboxylic acids is 1. The Morgan fingerprint density at radius 1 is 1.00 bits per heavy atom. The monoisotopic (exact) mass is 500 g/mol. The maximum atomic E-state index is 11.1. The molecule has 0 radical (unpaired) electrons. The summed E-state index contributed by atoms with van der Waals surface area (Å²) in [5.41, 5.74) is 1.65. The first kappa shape index (κ1) is 28.4. The van der Waals surface area contributed by atoms with Crippen LogP contribution >= 0.6 is 0 Å². The summed E-state index contributed by atoms with van der Waals surface area (Å²) in [5.74, 6) is 0.530. The van der Waals surface area contributed by atoms with E-state index in [1.807, 2.05) is 0 Å². The summed E-state index contributed by atoms with van der Waals surface area (Å²) in [4.78, 5) is 11.1. The number of benzene rings is 1. The molecular weight excluding hydrogens is 460 g/mol. The second-order valence-corrected chi connectivity index (χ2v) is 20.4. The first-order valence-corrected chi connectivity index (χ1v) is 19.5. The maximum absolute atomic E-state index is 11.1. The second kappa shape index (κ2) is 12.6. The molecule has 0 fully saturated rings. The van der Waals surface area contributed by atoms with Crippen molar-refractivity contribution in [2.45, 2.75) is 64.1 Å². The lowest BCUT2D eigenvalue weighted by Gasteiger charge is -2.31. The highest BCUT2D eigenvalue weighted by atomic mass is 28.4. The molecule has 0 saturated heterocycles. The molecule has 0 aliphatic heterocycles. The highest BCUT2D eigenvalue weighted by Gasteiger charge is 2.27. The van der Waals surface area contributed by atoms with Gasteiger partial charge in [0.1, 0.15) is 5.91 Å². The van der Waals surface area contributed by atoms with Crippen molar-refractivity contribution >= 4 is 38.2 Å². The lowest BCUT2D eigenvalue weighted by atomic mass is 10.00. The van der Waals surface area contributed by atoms with E-state index in [0.29, 0.717) is 17.2 Å². The smallest absolute Gasteiger partial charge is 0.328 e. The number of aliphatic carboxylic acids is 1. The van der Waals surface area contributed by atoms with E-state index in [0.717, 1.165) is 36.1 Å². The Kier molecular flexibility index (Phi) is 11.2. The minimum atomic E-state index is -1.70. The van der Waals surface area contributed by atoms with Crippen LogP contribution in [0.25, 0.3) is 6.08 Å². The minimum Gasteiger partial charge on any atom is -0.493 e. The van der Waals surface area contributed by atoms with E-state index in [-0.39, 0.29) is 5.91 Å². The van der Waals surface area contributed by atoms with Crippen molar-refractivity contribution in [1.29, 1.82) is 0 Å². The van der Waals surface area contributed by atoms with Crippen LogP contribution in [-0.4, -0.2) is 64.5 Å². The molecule has 0 heterocycles. The Morgan fingerprint density at radius 3 is 2.00 bits per heavy atom. The van der Waals surface area contributed by atoms with Crippen LogP contribution in [-0.2, 0) is 20.1 Å². The van der Waals surface area contributed by atoms with Gasteiger partial charge in [0, 0.05) is 11.6 Å². The van der Waals surface area contributed by atoms with Gasteiger partial charge in [-0.2, -0.15) is 0 Å². The topological polar surface area (TPSA) is 83.5 Å². The highest BCUT2D eigenvalue weighted by Crippen LogP contribution is 2.43. The van der Waals surface area contributed by atoms with Gasteiger partial charge >= 0.3 is 5.97 Å². The summed E-state index contributed by atoms with van der Waals surface area (Å²) < 4.78 is 29.3. The van der Waals surface area contributed by atoms with E-state index in [1.165, 1.54) is 0 Å². The molecule has 0 bridgehead atoms. The summed E-state index contributed by atoms with van der Waals surface area (Å²) in [5, 5.41) is 9.09. The molecule has 0 unspecified atom stereocenters. The third-order valence-electron chi connectivity index (χ3n) is 4.46. The molecule has 0 aliphatic carbocycles. The largest absolute Gasteiger partial charge is 0.493 e. The average Bonchev–Trinajstić information content (AvgIpc) is 2.66. The molecule has 182 valence electrons. The number of hydrogen-bond acceptors (Lipinski definition) is 6. The normalized spacial score (nSPS) is 12.8. The number of hydrogen-bond donors (Lipinski definition) is 1. The quantitative estimate of drug-likeness (QED) is 0.176. The lowest BCUT2D eigenvalue weighted by Crippen LogP contribution is -2.42. The zero-order chi connectivity index (χ0) is 24.5. The van der Waals surface area contributed by atoms with E-state index in [9.17, 15) is 4.79 Å². The van der Waals surface area contributed by atoms with Gasteiger partial charge in [-0.3, -0.25) is 0 Å². The standard InChI is InChI=1S/C22H40O7Si3/c1-25-18-15-16(12-13-19(23)24)17(20(26-2)21(18)27-3)11-10-14-30-22(28-31(4,5)6)29-32(7,8)9/h12-13,15,22H,10-11,14,30H2,1-9H3,(H,23,24)/b13-12+. The van der Waals surface area contributed by atoms with Gasteiger partial charge in [0.2, 0.25) is 5.75 Å². The van der Waals surface area contributed by atoms with Gasteiger partial charge in [-0.15, -0.1) is 0 Å². The van der Waals surface area contributed by atoms with Crippen LogP contribution in [0, 0.1) is 0 Å². The van der Waals surface area contributed by atoms with Crippen molar-refractivity contribution < 1.29 is 33.0 Å². The zero-order valence-electron chi connectivity index (χ0n) is 21.0. The SMILES string of the molecule is COc1cc(/C=C/C(=O)O)c(CCC[SiH2]C(O[Si](C)(C)C)O[Si](C)(C)C)c(OC)c1OC. The fourth-order valence-corrected chi connectivity index (χ4v) is 9.93. The summed E-state index contributed by atoms with van der Waals surface area (Å²) in [6.07, 6.45) is 4.35. The van der Waals surface area contributed by atoms with Crippen LogP contribution in [0.1, 0.15) is 17.5 Å². The first-order chi connectivity index (χ1) is 14.8. The minimum absolute atomic E-state index is 0.0491. The Labute approximate surface area is 197 Å². The van der Waals surface area contributed by atoms with Crippen LogP contribution in [0.2, 0.25) is 45.3 Å². The Balaban J connectivity index is 3.07. The van der Waals surface area contributed by atoms with Crippen LogP contribution < -0.4 is 14.2 Å². The molecule has 0 spiro atoms. The van der Waals surface area contributed by atoms with Gasteiger partial charge in [0.05, 0.1) is 30.8 Å². The van der Waals surface area contributed by atoms with Crippen molar-refractivity contribution in [3.63, 3.8) is 0 Å². The van der Waals surface area contributed by atoms with Crippen LogP contribution in [0.5, 0.6) is 17.2 Å². The maximum Gasteiger partial charge on any atom is 0.328 e. The molecule has 1 rings (SSSR count). The van der Waals surface area contributed by atoms with Crippen LogP contribution in [0.4, 0.5) is 0 Å². The van der Waals surface area contributed by atoms with Gasteiger partial charge in [-0.1, -0.05) is 12.5 Å². The highest BCUT2D eigenvalue weighted by molar-refractivity contribution is 6.71. The summed E-state index contributed by atoms with van der Waals surface area (Å²) in [7, 11) is 0.687. The van der Waals surface area contributed by atoms with Crippen molar-refractivity contribution in [3.05, 3.63) is 23.3 Å². The molecule has 32 heavy (non-hydrogen) atoms. The molecule has 1 N–H and O–H groups in total. The third-order valence-corrected chi connectivity index (χ3v) is 8.78. The summed E-state index contributed by atoms with van der Waals surface area (Å²) in [6, 6.07) is 2.83. The predicted molar refractivity (Wildman–Crippen MR) is 137 cm³/mol.